The van der Waals surface area contributed by atoms with Crippen LogP contribution < -0.4 is 4.90 Å². The van der Waals surface area contributed by atoms with Crippen LogP contribution >= 0.6 is 0 Å². The normalized spacial score (nSPS) is 16.0. The first-order chi connectivity index (χ1) is 18.9. The van der Waals surface area contributed by atoms with Gasteiger partial charge in [0.2, 0.25) is 0 Å². The number of benzene rings is 1. The molecule has 1 amide bonds. The van der Waals surface area contributed by atoms with Crippen LogP contribution in [0.2, 0.25) is 18.1 Å². The summed E-state index contributed by atoms with van der Waals surface area (Å²) in [5.41, 5.74) is 1.67. The monoisotopic (exact) mass is 568 g/mol. The Hall–Kier alpha value is -3.97. The highest BCUT2D eigenvalue weighted by Gasteiger charge is 2.41. The SMILES string of the molecule is CC(C)(C)[Si](C)(C)OC[C@H]1CN(c2nc(-c3cc(-c4ccon4)n(Cc4ccccc4F)n3)ncc2F)C(=O)O1. The van der Waals surface area contributed by atoms with Gasteiger partial charge in [-0.15, -0.1) is 0 Å². The summed E-state index contributed by atoms with van der Waals surface area (Å²) in [4.78, 5) is 22.3. The number of carbonyl (C=O) groups is 1. The molecule has 0 bridgehead atoms. The van der Waals surface area contributed by atoms with Gasteiger partial charge in [0.1, 0.15) is 29.6 Å². The second kappa shape index (κ2) is 10.5. The van der Waals surface area contributed by atoms with Crippen molar-refractivity contribution in [3.8, 4) is 22.9 Å². The summed E-state index contributed by atoms with van der Waals surface area (Å²) in [5, 5.41) is 8.52. The maximum Gasteiger partial charge on any atom is 0.416 e. The number of halogens is 2. The quantitative estimate of drug-likeness (QED) is 0.250. The minimum Gasteiger partial charge on any atom is -0.441 e. The maximum absolute atomic E-state index is 14.9. The van der Waals surface area contributed by atoms with Gasteiger partial charge in [-0.2, -0.15) is 5.10 Å². The van der Waals surface area contributed by atoms with Gasteiger partial charge in [-0.05, 0) is 30.3 Å². The number of aromatic nitrogens is 5. The molecular formula is C27H30F2N6O4Si. The number of nitrogens with zero attached hydrogens (tertiary/aromatic N) is 6. The van der Waals surface area contributed by atoms with Crippen LogP contribution in [0, 0.1) is 11.6 Å². The third-order valence-corrected chi connectivity index (χ3v) is 11.8. The fourth-order valence-corrected chi connectivity index (χ4v) is 4.99. The summed E-state index contributed by atoms with van der Waals surface area (Å²) in [5.74, 6) is -1.32. The average molecular weight is 569 g/mol. The molecule has 10 nitrogen and oxygen atoms in total. The molecule has 13 heteroatoms. The Labute approximate surface area is 231 Å². The number of cyclic esters (lactones) is 1. The standard InChI is InChI=1S/C27H30F2N6O4Si/c1-27(2,3)40(4,5)38-16-18-15-34(26(36)39-18)25-20(29)13-30-24(31-25)22-12-23(21-10-11-37-33-21)35(32-22)14-17-8-6-7-9-19(17)28/h6-13,18H,14-16H2,1-5H3/t18-/m1/s1. The Morgan fingerprint density at radius 3 is 2.60 bits per heavy atom. The zero-order valence-electron chi connectivity index (χ0n) is 22.9. The summed E-state index contributed by atoms with van der Waals surface area (Å²) >= 11 is 0. The third kappa shape index (κ3) is 5.52. The number of amides is 1. The molecule has 0 aliphatic carbocycles. The molecule has 40 heavy (non-hydrogen) atoms. The predicted octanol–water partition coefficient (Wildman–Crippen LogP) is 5.67. The van der Waals surface area contributed by atoms with Gasteiger partial charge in [-0.3, -0.25) is 9.58 Å². The lowest BCUT2D eigenvalue weighted by atomic mass is 10.2. The van der Waals surface area contributed by atoms with E-state index in [2.05, 4.69) is 54.1 Å². The number of hydrogen-bond donors (Lipinski definition) is 0. The molecule has 1 fully saturated rings. The summed E-state index contributed by atoms with van der Waals surface area (Å²) in [6.45, 7) is 11.0. The fraction of sp³-hybridized carbons (Fsp3) is 0.370. The van der Waals surface area contributed by atoms with Crippen molar-refractivity contribution in [2.75, 3.05) is 18.1 Å². The van der Waals surface area contributed by atoms with Crippen molar-refractivity contribution in [3.63, 3.8) is 0 Å². The topological polar surface area (TPSA) is 108 Å². The van der Waals surface area contributed by atoms with Crippen LogP contribution in [0.1, 0.15) is 26.3 Å². The Balaban J connectivity index is 1.42. The molecule has 0 saturated carbocycles. The van der Waals surface area contributed by atoms with Gasteiger partial charge in [0, 0.05) is 11.6 Å². The lowest BCUT2D eigenvalue weighted by Gasteiger charge is -2.36. The van der Waals surface area contributed by atoms with Crippen molar-refractivity contribution in [1.82, 2.24) is 24.9 Å². The highest BCUT2D eigenvalue weighted by atomic mass is 28.4. The molecule has 1 saturated heterocycles. The molecule has 3 aromatic heterocycles. The zero-order chi connectivity index (χ0) is 28.7. The zero-order valence-corrected chi connectivity index (χ0v) is 23.9. The molecular weight excluding hydrogens is 538 g/mol. The van der Waals surface area contributed by atoms with Crippen LogP contribution in [0.15, 0.2) is 53.4 Å². The summed E-state index contributed by atoms with van der Waals surface area (Å²) in [6.07, 6.45) is 1.10. The van der Waals surface area contributed by atoms with Gasteiger partial charge in [-0.25, -0.2) is 23.5 Å². The van der Waals surface area contributed by atoms with E-state index in [0.29, 0.717) is 17.0 Å². The highest BCUT2D eigenvalue weighted by molar-refractivity contribution is 6.74. The minimum absolute atomic E-state index is 0.0104. The van der Waals surface area contributed by atoms with Crippen molar-refractivity contribution in [2.24, 2.45) is 0 Å². The molecule has 0 radical (unpaired) electrons. The lowest BCUT2D eigenvalue weighted by Crippen LogP contribution is -2.43. The minimum atomic E-state index is -2.07. The first-order valence-corrected chi connectivity index (χ1v) is 15.7. The Morgan fingerprint density at radius 2 is 1.90 bits per heavy atom. The number of rotatable bonds is 8. The molecule has 1 aliphatic rings. The first kappa shape index (κ1) is 27.6. The number of hydrogen-bond acceptors (Lipinski definition) is 8. The first-order valence-electron chi connectivity index (χ1n) is 12.8. The van der Waals surface area contributed by atoms with Crippen LogP contribution in [-0.4, -0.2) is 58.6 Å². The molecule has 0 unspecified atom stereocenters. The predicted molar refractivity (Wildman–Crippen MR) is 145 cm³/mol. The largest absolute Gasteiger partial charge is 0.441 e. The van der Waals surface area contributed by atoms with E-state index < -0.39 is 26.3 Å². The second-order valence-electron chi connectivity index (χ2n) is 11.1. The fourth-order valence-electron chi connectivity index (χ4n) is 3.96. The van der Waals surface area contributed by atoms with E-state index in [9.17, 15) is 13.6 Å². The Kier molecular flexibility index (Phi) is 7.27. The van der Waals surface area contributed by atoms with Crippen molar-refractivity contribution in [1.29, 1.82) is 0 Å². The van der Waals surface area contributed by atoms with Gasteiger partial charge in [0.15, 0.2) is 25.8 Å². The van der Waals surface area contributed by atoms with Crippen molar-refractivity contribution in [3.05, 3.63) is 66.1 Å². The van der Waals surface area contributed by atoms with E-state index in [4.69, 9.17) is 13.7 Å². The van der Waals surface area contributed by atoms with Crippen LogP contribution in [-0.2, 0) is 15.7 Å². The van der Waals surface area contributed by atoms with Crippen molar-refractivity contribution in [2.45, 2.75) is 51.6 Å². The van der Waals surface area contributed by atoms with Gasteiger partial charge in [0.25, 0.3) is 0 Å². The number of anilines is 1. The Bertz CT molecular complexity index is 1520. The molecule has 4 heterocycles. The van der Waals surface area contributed by atoms with Gasteiger partial charge in [0.05, 0.1) is 31.6 Å². The van der Waals surface area contributed by atoms with E-state index >= 15 is 0 Å². The smallest absolute Gasteiger partial charge is 0.416 e. The Morgan fingerprint density at radius 1 is 1.12 bits per heavy atom. The third-order valence-electron chi connectivity index (χ3n) is 7.28. The summed E-state index contributed by atoms with van der Waals surface area (Å²) in [6, 6.07) is 9.64. The molecule has 1 aliphatic heterocycles. The second-order valence-corrected chi connectivity index (χ2v) is 15.9. The molecule has 210 valence electrons. The van der Waals surface area contributed by atoms with Gasteiger partial charge >= 0.3 is 6.09 Å². The average Bonchev–Trinajstić information content (AvgIpc) is 3.64. The van der Waals surface area contributed by atoms with E-state index in [-0.39, 0.29) is 47.9 Å². The maximum atomic E-state index is 14.9. The van der Waals surface area contributed by atoms with E-state index in [1.54, 1.807) is 30.3 Å². The van der Waals surface area contributed by atoms with Crippen LogP contribution in [0.25, 0.3) is 22.9 Å². The number of ether oxygens (including phenoxy) is 1. The molecule has 0 spiro atoms. The highest BCUT2D eigenvalue weighted by Crippen LogP contribution is 2.37. The van der Waals surface area contributed by atoms with Crippen molar-refractivity contribution < 1.29 is 27.3 Å². The van der Waals surface area contributed by atoms with E-state index in [1.165, 1.54) is 17.0 Å². The lowest BCUT2D eigenvalue weighted by molar-refractivity contribution is 0.0996. The van der Waals surface area contributed by atoms with E-state index in [0.717, 1.165) is 11.1 Å². The van der Waals surface area contributed by atoms with Crippen LogP contribution in [0.4, 0.5) is 19.4 Å². The molecule has 4 aromatic rings. The number of carbonyl (C=O) groups excluding carboxylic acids is 1. The van der Waals surface area contributed by atoms with E-state index in [1.807, 2.05) is 0 Å². The van der Waals surface area contributed by atoms with Gasteiger partial charge < -0.3 is 13.7 Å². The van der Waals surface area contributed by atoms with Crippen LogP contribution in [0.5, 0.6) is 0 Å². The molecule has 0 N–H and O–H groups in total. The van der Waals surface area contributed by atoms with Crippen LogP contribution in [0.3, 0.4) is 0 Å². The molecule has 1 atom stereocenters. The summed E-state index contributed by atoms with van der Waals surface area (Å²) < 4.78 is 47.5. The van der Waals surface area contributed by atoms with Crippen molar-refractivity contribution >= 4 is 20.2 Å². The summed E-state index contributed by atoms with van der Waals surface area (Å²) in [7, 11) is -2.07. The molecule has 1 aromatic carbocycles. The molecule has 5 rings (SSSR count). The van der Waals surface area contributed by atoms with Gasteiger partial charge in [-0.1, -0.05) is 44.1 Å².